The lowest BCUT2D eigenvalue weighted by atomic mass is 10.3. The van der Waals surface area contributed by atoms with Crippen molar-refractivity contribution in [2.75, 3.05) is 33.2 Å². The summed E-state index contributed by atoms with van der Waals surface area (Å²) in [6.45, 7) is 4.14. The second-order valence-electron chi connectivity index (χ2n) is 4.15. The van der Waals surface area contributed by atoms with Crippen LogP contribution in [0.3, 0.4) is 0 Å². The summed E-state index contributed by atoms with van der Waals surface area (Å²) in [5.74, 6) is -0.235. The van der Waals surface area contributed by atoms with Crippen LogP contribution in [0.2, 0.25) is 0 Å². The first-order valence-corrected chi connectivity index (χ1v) is 6.40. The Bertz CT molecular complexity index is 461. The summed E-state index contributed by atoms with van der Waals surface area (Å²) in [5, 5.41) is 2.74. The number of nitrogens with one attached hydrogen (secondary N) is 1. The molecule has 2 rings (SSSR count). The number of urea groups is 1. The van der Waals surface area contributed by atoms with E-state index in [0.29, 0.717) is 31.0 Å². The molecule has 3 amide bonds. The van der Waals surface area contributed by atoms with Gasteiger partial charge in [-0.05, 0) is 6.92 Å². The van der Waals surface area contributed by atoms with Gasteiger partial charge >= 0.3 is 6.03 Å². The van der Waals surface area contributed by atoms with E-state index in [2.05, 4.69) is 14.1 Å². The van der Waals surface area contributed by atoms with E-state index in [0.717, 1.165) is 18.3 Å². The molecule has 0 radical (unpaired) electrons. The van der Waals surface area contributed by atoms with Gasteiger partial charge in [-0.15, -0.1) is 0 Å². The van der Waals surface area contributed by atoms with Crippen molar-refractivity contribution in [1.82, 2.24) is 23.9 Å². The molecule has 1 aromatic heterocycles. The molecule has 0 atom stereocenters. The SMILES string of the molecule is Cc1nsnc1C(=O)NCCN1CCN(C)C1=O. The van der Waals surface area contributed by atoms with Gasteiger partial charge in [-0.25, -0.2) is 4.79 Å². The Hall–Kier alpha value is -1.70. The number of rotatable bonds is 4. The van der Waals surface area contributed by atoms with Gasteiger partial charge in [-0.2, -0.15) is 8.75 Å². The molecule has 0 aliphatic carbocycles. The van der Waals surface area contributed by atoms with Crippen molar-refractivity contribution >= 4 is 23.7 Å². The smallest absolute Gasteiger partial charge is 0.319 e. The third-order valence-electron chi connectivity index (χ3n) is 2.84. The average Bonchev–Trinajstić information content (AvgIpc) is 2.89. The normalized spacial score (nSPS) is 15.3. The summed E-state index contributed by atoms with van der Waals surface area (Å²) in [7, 11) is 1.77. The lowest BCUT2D eigenvalue weighted by Gasteiger charge is -2.15. The minimum atomic E-state index is -0.235. The maximum atomic E-state index is 11.7. The first-order chi connectivity index (χ1) is 8.59. The minimum Gasteiger partial charge on any atom is -0.349 e. The van der Waals surface area contributed by atoms with Crippen molar-refractivity contribution in [2.24, 2.45) is 0 Å². The third-order valence-corrected chi connectivity index (χ3v) is 3.46. The van der Waals surface area contributed by atoms with Crippen LogP contribution >= 0.6 is 11.7 Å². The molecule has 0 saturated carbocycles. The number of aromatic nitrogens is 2. The molecule has 98 valence electrons. The summed E-state index contributed by atoms with van der Waals surface area (Å²) in [6, 6.07) is 0.00996. The molecular formula is C10H15N5O2S. The summed E-state index contributed by atoms with van der Waals surface area (Å²) in [4.78, 5) is 26.7. The molecule has 1 fully saturated rings. The lowest BCUT2D eigenvalue weighted by Crippen LogP contribution is -2.37. The van der Waals surface area contributed by atoms with Crippen LogP contribution < -0.4 is 5.32 Å². The molecule has 0 unspecified atom stereocenters. The van der Waals surface area contributed by atoms with Gasteiger partial charge in [-0.1, -0.05) is 0 Å². The average molecular weight is 269 g/mol. The third kappa shape index (κ3) is 2.58. The molecule has 8 heteroatoms. The fourth-order valence-corrected chi connectivity index (χ4v) is 2.28. The van der Waals surface area contributed by atoms with Crippen LogP contribution in [0.25, 0.3) is 0 Å². The highest BCUT2D eigenvalue weighted by molar-refractivity contribution is 6.99. The number of hydrogen-bond acceptors (Lipinski definition) is 5. The second-order valence-corrected chi connectivity index (χ2v) is 4.67. The van der Waals surface area contributed by atoms with E-state index >= 15 is 0 Å². The zero-order valence-electron chi connectivity index (χ0n) is 10.3. The first kappa shape index (κ1) is 12.7. The first-order valence-electron chi connectivity index (χ1n) is 5.67. The number of hydrogen-bond donors (Lipinski definition) is 1. The fourth-order valence-electron chi connectivity index (χ4n) is 1.74. The van der Waals surface area contributed by atoms with Crippen LogP contribution in [0.15, 0.2) is 0 Å². The van der Waals surface area contributed by atoms with Gasteiger partial charge in [0.05, 0.1) is 17.4 Å². The topological polar surface area (TPSA) is 78.4 Å². The Labute approximate surface area is 109 Å². The van der Waals surface area contributed by atoms with E-state index < -0.39 is 0 Å². The Morgan fingerprint density at radius 1 is 1.44 bits per heavy atom. The van der Waals surface area contributed by atoms with Gasteiger partial charge in [0.1, 0.15) is 0 Å². The maximum Gasteiger partial charge on any atom is 0.319 e. The zero-order valence-corrected chi connectivity index (χ0v) is 11.2. The van der Waals surface area contributed by atoms with Gasteiger partial charge in [0, 0.05) is 33.2 Å². The van der Waals surface area contributed by atoms with Crippen molar-refractivity contribution < 1.29 is 9.59 Å². The number of carbonyl (C=O) groups excluding carboxylic acids is 2. The molecule has 1 N–H and O–H groups in total. The van der Waals surface area contributed by atoms with Gasteiger partial charge in [0.15, 0.2) is 5.69 Å². The predicted molar refractivity (Wildman–Crippen MR) is 66.6 cm³/mol. The Kier molecular flexibility index (Phi) is 3.75. The number of likely N-dealkylation sites (N-methyl/N-ethyl adjacent to an activating group) is 1. The molecular weight excluding hydrogens is 254 g/mol. The Morgan fingerprint density at radius 2 is 2.22 bits per heavy atom. The highest BCUT2D eigenvalue weighted by atomic mass is 32.1. The van der Waals surface area contributed by atoms with Crippen molar-refractivity contribution in [3.63, 3.8) is 0 Å². The van der Waals surface area contributed by atoms with E-state index in [9.17, 15) is 9.59 Å². The molecule has 0 aromatic carbocycles. The summed E-state index contributed by atoms with van der Waals surface area (Å²) >= 11 is 1.02. The van der Waals surface area contributed by atoms with Gasteiger partial charge in [-0.3, -0.25) is 4.79 Å². The maximum absolute atomic E-state index is 11.7. The zero-order chi connectivity index (χ0) is 13.1. The second kappa shape index (κ2) is 5.30. The van der Waals surface area contributed by atoms with Crippen LogP contribution in [0, 0.1) is 6.92 Å². The van der Waals surface area contributed by atoms with E-state index in [1.165, 1.54) is 0 Å². The van der Waals surface area contributed by atoms with Gasteiger partial charge in [0.25, 0.3) is 5.91 Å². The van der Waals surface area contributed by atoms with E-state index in [1.807, 2.05) is 0 Å². The summed E-state index contributed by atoms with van der Waals surface area (Å²) < 4.78 is 7.87. The molecule has 0 spiro atoms. The van der Waals surface area contributed by atoms with Crippen molar-refractivity contribution in [1.29, 1.82) is 0 Å². The van der Waals surface area contributed by atoms with E-state index in [1.54, 1.807) is 23.8 Å². The van der Waals surface area contributed by atoms with Crippen LogP contribution in [-0.4, -0.2) is 63.7 Å². The number of carbonyl (C=O) groups is 2. The van der Waals surface area contributed by atoms with Crippen LogP contribution in [0.4, 0.5) is 4.79 Å². The highest BCUT2D eigenvalue weighted by Crippen LogP contribution is 2.05. The summed E-state index contributed by atoms with van der Waals surface area (Å²) in [5.41, 5.74) is 0.999. The molecule has 1 aliphatic heterocycles. The molecule has 18 heavy (non-hydrogen) atoms. The number of amides is 3. The largest absolute Gasteiger partial charge is 0.349 e. The molecule has 7 nitrogen and oxygen atoms in total. The lowest BCUT2D eigenvalue weighted by molar-refractivity contribution is 0.0945. The van der Waals surface area contributed by atoms with Gasteiger partial charge < -0.3 is 15.1 Å². The standard InChI is InChI=1S/C10H15N5O2S/c1-7-8(13-18-12-7)9(16)11-3-4-15-6-5-14(2)10(15)17/h3-6H2,1-2H3,(H,11,16). The molecule has 1 saturated heterocycles. The number of nitrogens with zero attached hydrogens (tertiary/aromatic N) is 4. The quantitative estimate of drug-likeness (QED) is 0.831. The Morgan fingerprint density at radius 3 is 2.78 bits per heavy atom. The molecule has 2 heterocycles. The van der Waals surface area contributed by atoms with E-state index in [4.69, 9.17) is 0 Å². The Balaban J connectivity index is 1.78. The van der Waals surface area contributed by atoms with Crippen molar-refractivity contribution in [2.45, 2.75) is 6.92 Å². The predicted octanol–water partition coefficient (Wildman–Crippen LogP) is -0.0563. The number of aryl methyl sites for hydroxylation is 1. The van der Waals surface area contributed by atoms with Crippen LogP contribution in [-0.2, 0) is 0 Å². The highest BCUT2D eigenvalue weighted by Gasteiger charge is 2.24. The van der Waals surface area contributed by atoms with Crippen molar-refractivity contribution in [3.8, 4) is 0 Å². The van der Waals surface area contributed by atoms with Crippen LogP contribution in [0.5, 0.6) is 0 Å². The molecule has 0 bridgehead atoms. The van der Waals surface area contributed by atoms with Crippen molar-refractivity contribution in [3.05, 3.63) is 11.4 Å². The van der Waals surface area contributed by atoms with E-state index in [-0.39, 0.29) is 11.9 Å². The molecule has 1 aliphatic rings. The molecule has 1 aromatic rings. The van der Waals surface area contributed by atoms with Crippen LogP contribution in [0.1, 0.15) is 16.2 Å². The monoisotopic (exact) mass is 269 g/mol. The fraction of sp³-hybridized carbons (Fsp3) is 0.600. The summed E-state index contributed by atoms with van der Waals surface area (Å²) in [6.07, 6.45) is 0. The minimum absolute atomic E-state index is 0.00996. The van der Waals surface area contributed by atoms with Gasteiger partial charge in [0.2, 0.25) is 0 Å².